The first-order chi connectivity index (χ1) is 9.92. The number of nitrogens with one attached hydrogen (secondary N) is 1. The van der Waals surface area contributed by atoms with Crippen molar-refractivity contribution in [3.05, 3.63) is 24.3 Å². The van der Waals surface area contributed by atoms with Gasteiger partial charge in [-0.2, -0.15) is 0 Å². The number of rotatable bonds is 4. The molecule has 1 aromatic carbocycles. The zero-order valence-electron chi connectivity index (χ0n) is 12.8. The van der Waals surface area contributed by atoms with Crippen molar-refractivity contribution in [2.24, 2.45) is 0 Å². The first kappa shape index (κ1) is 15.6. The van der Waals surface area contributed by atoms with E-state index in [9.17, 15) is 4.79 Å². The van der Waals surface area contributed by atoms with Gasteiger partial charge in [0.05, 0.1) is 6.10 Å². The molecule has 1 N–H and O–H groups in total. The lowest BCUT2D eigenvalue weighted by Gasteiger charge is -2.19. The van der Waals surface area contributed by atoms with E-state index in [2.05, 4.69) is 5.32 Å². The van der Waals surface area contributed by atoms with Crippen molar-refractivity contribution in [2.75, 3.05) is 18.5 Å². The van der Waals surface area contributed by atoms with Gasteiger partial charge in [0.25, 0.3) is 0 Å². The van der Waals surface area contributed by atoms with Gasteiger partial charge in [-0.3, -0.25) is 5.32 Å². The molecule has 0 saturated carbocycles. The van der Waals surface area contributed by atoms with Gasteiger partial charge >= 0.3 is 6.09 Å². The van der Waals surface area contributed by atoms with E-state index in [0.29, 0.717) is 12.3 Å². The summed E-state index contributed by atoms with van der Waals surface area (Å²) in [5, 5.41) is 2.68. The molecule has 0 unspecified atom stereocenters. The molecule has 1 atom stereocenters. The summed E-state index contributed by atoms with van der Waals surface area (Å²) in [4.78, 5) is 11.6. The van der Waals surface area contributed by atoms with E-state index in [1.54, 1.807) is 12.1 Å². The minimum Gasteiger partial charge on any atom is -0.491 e. The zero-order chi connectivity index (χ0) is 15.3. The van der Waals surface area contributed by atoms with E-state index < -0.39 is 11.7 Å². The van der Waals surface area contributed by atoms with Crippen LogP contribution in [-0.4, -0.2) is 31.0 Å². The minimum atomic E-state index is -0.506. The van der Waals surface area contributed by atoms with Crippen LogP contribution < -0.4 is 10.1 Å². The molecule has 5 nitrogen and oxygen atoms in total. The third-order valence-electron chi connectivity index (χ3n) is 2.96. The van der Waals surface area contributed by atoms with Crippen LogP contribution in [0.5, 0.6) is 5.75 Å². The molecule has 1 amide bonds. The smallest absolute Gasteiger partial charge is 0.412 e. The van der Waals surface area contributed by atoms with Gasteiger partial charge in [-0.15, -0.1) is 0 Å². The Morgan fingerprint density at radius 3 is 2.62 bits per heavy atom. The lowest BCUT2D eigenvalue weighted by Crippen LogP contribution is -2.27. The molecule has 0 spiro atoms. The summed E-state index contributed by atoms with van der Waals surface area (Å²) in [5.74, 6) is 0.764. The topological polar surface area (TPSA) is 56.8 Å². The molecule has 1 aliphatic heterocycles. The highest BCUT2D eigenvalue weighted by molar-refractivity contribution is 5.84. The number of carbonyl (C=O) groups is 1. The van der Waals surface area contributed by atoms with Gasteiger partial charge in [-0.25, -0.2) is 4.79 Å². The Morgan fingerprint density at radius 1 is 1.33 bits per heavy atom. The molecule has 116 valence electrons. The van der Waals surface area contributed by atoms with Crippen molar-refractivity contribution >= 4 is 11.8 Å². The van der Waals surface area contributed by atoms with E-state index in [4.69, 9.17) is 14.2 Å². The largest absolute Gasteiger partial charge is 0.491 e. The van der Waals surface area contributed by atoms with Gasteiger partial charge in [0.15, 0.2) is 0 Å². The summed E-state index contributed by atoms with van der Waals surface area (Å²) < 4.78 is 16.3. The number of hydrogen-bond donors (Lipinski definition) is 1. The summed E-state index contributed by atoms with van der Waals surface area (Å²) in [7, 11) is 0. The molecule has 5 heteroatoms. The molecule has 0 bridgehead atoms. The van der Waals surface area contributed by atoms with Crippen molar-refractivity contribution in [3.8, 4) is 5.75 Å². The molecule has 2 rings (SSSR count). The van der Waals surface area contributed by atoms with Crippen LogP contribution in [0.4, 0.5) is 10.5 Å². The van der Waals surface area contributed by atoms with E-state index >= 15 is 0 Å². The van der Waals surface area contributed by atoms with E-state index in [1.165, 1.54) is 0 Å². The van der Waals surface area contributed by atoms with Crippen molar-refractivity contribution in [1.82, 2.24) is 0 Å². The summed E-state index contributed by atoms with van der Waals surface area (Å²) in [5.41, 5.74) is 0.169. The number of hydrogen-bond acceptors (Lipinski definition) is 4. The van der Waals surface area contributed by atoms with Gasteiger partial charge in [-0.1, -0.05) is 0 Å². The van der Waals surface area contributed by atoms with Crippen LogP contribution in [0.1, 0.15) is 33.6 Å². The van der Waals surface area contributed by atoms with Crippen molar-refractivity contribution in [3.63, 3.8) is 0 Å². The predicted molar refractivity (Wildman–Crippen MR) is 80.8 cm³/mol. The maximum atomic E-state index is 11.6. The Bertz CT molecular complexity index is 458. The predicted octanol–water partition coefficient (Wildman–Crippen LogP) is 3.59. The molecule has 0 radical (unpaired) electrons. The van der Waals surface area contributed by atoms with Crippen molar-refractivity contribution in [1.29, 1.82) is 0 Å². The quantitative estimate of drug-likeness (QED) is 0.921. The van der Waals surface area contributed by atoms with Gasteiger partial charge in [0.2, 0.25) is 0 Å². The maximum absolute atomic E-state index is 11.6. The lowest BCUT2D eigenvalue weighted by molar-refractivity contribution is 0.0636. The fraction of sp³-hybridized carbons (Fsp3) is 0.562. The number of ether oxygens (including phenoxy) is 3. The Kier molecular flexibility index (Phi) is 5.07. The SMILES string of the molecule is CC(C)(C)OC(=O)Nc1ccc(OC[C@H]2CCCO2)cc1. The highest BCUT2D eigenvalue weighted by Gasteiger charge is 2.17. The van der Waals surface area contributed by atoms with Gasteiger partial charge in [-0.05, 0) is 57.9 Å². The second-order valence-electron chi connectivity index (χ2n) is 6.10. The average Bonchev–Trinajstić information content (AvgIpc) is 2.89. The molecule has 1 heterocycles. The third-order valence-corrected chi connectivity index (χ3v) is 2.96. The first-order valence-corrected chi connectivity index (χ1v) is 7.27. The van der Waals surface area contributed by atoms with Crippen LogP contribution >= 0.6 is 0 Å². The molecule has 0 aliphatic carbocycles. The molecular weight excluding hydrogens is 270 g/mol. The molecule has 1 aliphatic rings. The summed E-state index contributed by atoms with van der Waals surface area (Å²) >= 11 is 0. The Hall–Kier alpha value is -1.75. The fourth-order valence-electron chi connectivity index (χ4n) is 2.02. The van der Waals surface area contributed by atoms with Crippen molar-refractivity contribution < 1.29 is 19.0 Å². The van der Waals surface area contributed by atoms with Crippen LogP contribution in [0.15, 0.2) is 24.3 Å². The van der Waals surface area contributed by atoms with Crippen LogP contribution in [0.25, 0.3) is 0 Å². The fourth-order valence-corrected chi connectivity index (χ4v) is 2.02. The van der Waals surface area contributed by atoms with Gasteiger partial charge in [0.1, 0.15) is 18.0 Å². The molecule has 1 fully saturated rings. The lowest BCUT2D eigenvalue weighted by atomic mass is 10.2. The molecule has 21 heavy (non-hydrogen) atoms. The van der Waals surface area contributed by atoms with Gasteiger partial charge < -0.3 is 14.2 Å². The zero-order valence-corrected chi connectivity index (χ0v) is 12.8. The normalized spacial score (nSPS) is 18.3. The highest BCUT2D eigenvalue weighted by atomic mass is 16.6. The Morgan fingerprint density at radius 2 is 2.05 bits per heavy atom. The standard InChI is InChI=1S/C16H23NO4/c1-16(2,3)21-15(18)17-12-6-8-13(9-7-12)20-11-14-5-4-10-19-14/h6-9,14H,4-5,10-11H2,1-3H3,(H,17,18)/t14-/m1/s1. The molecular formula is C16H23NO4. The maximum Gasteiger partial charge on any atom is 0.412 e. The number of anilines is 1. The average molecular weight is 293 g/mol. The second-order valence-corrected chi connectivity index (χ2v) is 6.10. The van der Waals surface area contributed by atoms with E-state index in [0.717, 1.165) is 25.2 Å². The molecule has 1 aromatic rings. The molecule has 0 aromatic heterocycles. The summed E-state index contributed by atoms with van der Waals surface area (Å²) in [6.45, 7) is 6.88. The molecule has 1 saturated heterocycles. The second kappa shape index (κ2) is 6.80. The van der Waals surface area contributed by atoms with Crippen LogP contribution in [-0.2, 0) is 9.47 Å². The Labute approximate surface area is 125 Å². The number of carbonyl (C=O) groups excluding carboxylic acids is 1. The van der Waals surface area contributed by atoms with Crippen LogP contribution in [0.3, 0.4) is 0 Å². The first-order valence-electron chi connectivity index (χ1n) is 7.27. The van der Waals surface area contributed by atoms with Gasteiger partial charge in [0, 0.05) is 12.3 Å². The van der Waals surface area contributed by atoms with E-state index in [1.807, 2.05) is 32.9 Å². The number of amides is 1. The van der Waals surface area contributed by atoms with Crippen LogP contribution in [0.2, 0.25) is 0 Å². The number of benzene rings is 1. The highest BCUT2D eigenvalue weighted by Crippen LogP contribution is 2.19. The summed E-state index contributed by atoms with van der Waals surface area (Å²) in [6.07, 6.45) is 1.89. The third kappa shape index (κ3) is 5.63. The monoisotopic (exact) mass is 293 g/mol. The summed E-state index contributed by atoms with van der Waals surface area (Å²) in [6, 6.07) is 7.22. The van der Waals surface area contributed by atoms with Crippen molar-refractivity contribution in [2.45, 2.75) is 45.3 Å². The Balaban J connectivity index is 1.79. The van der Waals surface area contributed by atoms with E-state index in [-0.39, 0.29) is 6.10 Å². The minimum absolute atomic E-state index is 0.199. The van der Waals surface area contributed by atoms with Crippen LogP contribution in [0, 0.1) is 0 Å².